The van der Waals surface area contributed by atoms with Crippen molar-refractivity contribution in [3.63, 3.8) is 0 Å². The molecular weight excluding hydrogens is 224 g/mol. The van der Waals surface area contributed by atoms with Crippen molar-refractivity contribution in [3.05, 3.63) is 0 Å². The number of likely N-dealkylation sites (tertiary alicyclic amines) is 1. The van der Waals surface area contributed by atoms with E-state index in [1.807, 2.05) is 0 Å². The summed E-state index contributed by atoms with van der Waals surface area (Å²) in [6, 6.07) is 0. The second-order valence-electron chi connectivity index (χ2n) is 4.49. The molecule has 0 aromatic rings. The highest BCUT2D eigenvalue weighted by Gasteiger charge is 2.43. The molecule has 1 unspecified atom stereocenters. The van der Waals surface area contributed by atoms with Crippen LogP contribution in [0.5, 0.6) is 0 Å². The number of hydrogen-bond donors (Lipinski definition) is 2. The Morgan fingerprint density at radius 2 is 2.00 bits per heavy atom. The zero-order valence-corrected chi connectivity index (χ0v) is 10.2. The maximum atomic E-state index is 11.9. The van der Waals surface area contributed by atoms with E-state index < -0.39 is 11.5 Å². The van der Waals surface area contributed by atoms with Crippen LogP contribution in [0.2, 0.25) is 0 Å². The van der Waals surface area contributed by atoms with Crippen LogP contribution in [0.3, 0.4) is 0 Å². The number of hydrogen-bond acceptors (Lipinski definition) is 3. The van der Waals surface area contributed by atoms with E-state index in [4.69, 9.17) is 0 Å². The molecule has 1 heterocycles. The van der Waals surface area contributed by atoms with Crippen molar-refractivity contribution in [1.82, 2.24) is 10.2 Å². The van der Waals surface area contributed by atoms with E-state index in [0.717, 1.165) is 12.8 Å². The van der Waals surface area contributed by atoms with E-state index in [0.29, 0.717) is 13.0 Å². The molecular formula is C11H18N2O4. The number of carbonyl (C=O) groups is 3. The molecule has 6 heteroatoms. The van der Waals surface area contributed by atoms with E-state index in [1.165, 1.54) is 11.8 Å². The summed E-state index contributed by atoms with van der Waals surface area (Å²) >= 11 is 0. The van der Waals surface area contributed by atoms with Gasteiger partial charge in [-0.2, -0.15) is 0 Å². The summed E-state index contributed by atoms with van der Waals surface area (Å²) in [5.74, 6) is -1.63. The molecule has 0 saturated carbocycles. The highest BCUT2D eigenvalue weighted by atomic mass is 16.4. The number of amides is 2. The molecule has 1 aliphatic heterocycles. The lowest BCUT2D eigenvalue weighted by Crippen LogP contribution is -2.59. The zero-order chi connectivity index (χ0) is 13.1. The summed E-state index contributed by atoms with van der Waals surface area (Å²) < 4.78 is 0. The molecule has 2 amide bonds. The number of piperidine rings is 1. The fourth-order valence-electron chi connectivity index (χ4n) is 2.04. The molecule has 0 aromatic heterocycles. The third-order valence-electron chi connectivity index (χ3n) is 3.14. The minimum atomic E-state index is -1.15. The van der Waals surface area contributed by atoms with Gasteiger partial charge in [0.05, 0.1) is 6.54 Å². The Morgan fingerprint density at radius 1 is 1.35 bits per heavy atom. The molecule has 0 aliphatic carbocycles. The number of nitrogens with zero attached hydrogens (tertiary/aromatic N) is 1. The Bertz CT molecular complexity index is 342. The third kappa shape index (κ3) is 2.95. The molecule has 6 nitrogen and oxygen atoms in total. The predicted molar refractivity (Wildman–Crippen MR) is 60.3 cm³/mol. The maximum absolute atomic E-state index is 11.9. The summed E-state index contributed by atoms with van der Waals surface area (Å²) in [5, 5.41) is 11.6. The first-order valence-electron chi connectivity index (χ1n) is 5.66. The van der Waals surface area contributed by atoms with Crippen LogP contribution in [0.15, 0.2) is 0 Å². The first-order chi connectivity index (χ1) is 7.88. The van der Waals surface area contributed by atoms with Gasteiger partial charge in [-0.05, 0) is 26.2 Å². The second-order valence-corrected chi connectivity index (χ2v) is 4.49. The van der Waals surface area contributed by atoms with Crippen LogP contribution in [0.1, 0.15) is 33.1 Å². The third-order valence-corrected chi connectivity index (χ3v) is 3.14. The number of aliphatic carboxylic acids is 1. The van der Waals surface area contributed by atoms with E-state index in [1.54, 1.807) is 6.92 Å². The predicted octanol–water partition coefficient (Wildman–Crippen LogP) is -0.0217. The summed E-state index contributed by atoms with van der Waals surface area (Å²) in [6.45, 7) is 3.17. The smallest absolute Gasteiger partial charge is 0.329 e. The number of nitrogens with one attached hydrogen (secondary N) is 1. The van der Waals surface area contributed by atoms with E-state index in [-0.39, 0.29) is 18.4 Å². The van der Waals surface area contributed by atoms with E-state index >= 15 is 0 Å². The standard InChI is InChI=1S/C11H18N2O4/c1-8(14)12-7-9(15)13-6-4-3-5-11(13,2)10(16)17/h3-7H2,1-2H3,(H,12,14)(H,16,17). The Labute approximate surface area is 100.0 Å². The van der Waals surface area contributed by atoms with Gasteiger partial charge in [-0.25, -0.2) is 4.79 Å². The first kappa shape index (κ1) is 13.5. The van der Waals surface area contributed by atoms with Gasteiger partial charge >= 0.3 is 5.97 Å². The van der Waals surface area contributed by atoms with Crippen LogP contribution in [0.4, 0.5) is 0 Å². The van der Waals surface area contributed by atoms with Crippen LogP contribution < -0.4 is 5.32 Å². The normalized spacial score (nSPS) is 24.2. The Kier molecular flexibility index (Phi) is 4.09. The monoisotopic (exact) mass is 242 g/mol. The molecule has 0 aromatic carbocycles. The van der Waals surface area contributed by atoms with Crippen LogP contribution >= 0.6 is 0 Å². The fraction of sp³-hybridized carbons (Fsp3) is 0.727. The molecule has 1 atom stereocenters. The molecule has 17 heavy (non-hydrogen) atoms. The molecule has 0 bridgehead atoms. The van der Waals surface area contributed by atoms with Crippen LogP contribution in [0, 0.1) is 0 Å². The highest BCUT2D eigenvalue weighted by molar-refractivity contribution is 5.89. The second kappa shape index (κ2) is 5.16. The van der Waals surface area contributed by atoms with Crippen molar-refractivity contribution in [1.29, 1.82) is 0 Å². The summed E-state index contributed by atoms with van der Waals surface area (Å²) in [6.07, 6.45) is 2.05. The van der Waals surface area contributed by atoms with Crippen LogP contribution in [-0.2, 0) is 14.4 Å². The average molecular weight is 242 g/mol. The molecule has 1 saturated heterocycles. The summed E-state index contributed by atoms with van der Waals surface area (Å²) in [5.41, 5.74) is -1.15. The van der Waals surface area contributed by atoms with Crippen LogP contribution in [0.25, 0.3) is 0 Å². The van der Waals surface area contributed by atoms with Crippen molar-refractivity contribution in [2.45, 2.75) is 38.6 Å². The van der Waals surface area contributed by atoms with Crippen molar-refractivity contribution >= 4 is 17.8 Å². The van der Waals surface area contributed by atoms with Gasteiger partial charge in [0.2, 0.25) is 11.8 Å². The minimum absolute atomic E-state index is 0.141. The number of carboxylic acids is 1. The number of carbonyl (C=O) groups excluding carboxylic acids is 2. The first-order valence-corrected chi connectivity index (χ1v) is 5.66. The Balaban J connectivity index is 2.74. The summed E-state index contributed by atoms with van der Waals surface area (Å²) in [4.78, 5) is 35.2. The molecule has 1 fully saturated rings. The molecule has 1 aliphatic rings. The summed E-state index contributed by atoms with van der Waals surface area (Å²) in [7, 11) is 0. The topological polar surface area (TPSA) is 86.7 Å². The van der Waals surface area contributed by atoms with Crippen LogP contribution in [-0.4, -0.2) is 46.4 Å². The quantitative estimate of drug-likeness (QED) is 0.728. The van der Waals surface area contributed by atoms with Gasteiger partial charge in [0, 0.05) is 13.5 Å². The fourth-order valence-corrected chi connectivity index (χ4v) is 2.04. The van der Waals surface area contributed by atoms with Gasteiger partial charge in [0.15, 0.2) is 0 Å². The van der Waals surface area contributed by atoms with Crippen molar-refractivity contribution in [2.24, 2.45) is 0 Å². The molecule has 2 N–H and O–H groups in total. The number of rotatable bonds is 3. The van der Waals surface area contributed by atoms with Gasteiger partial charge in [0.25, 0.3) is 0 Å². The Hall–Kier alpha value is -1.59. The van der Waals surface area contributed by atoms with Gasteiger partial charge in [-0.1, -0.05) is 0 Å². The van der Waals surface area contributed by atoms with E-state index in [2.05, 4.69) is 5.32 Å². The number of carboxylic acid groups (broad SMARTS) is 1. The van der Waals surface area contributed by atoms with Gasteiger partial charge in [-0.15, -0.1) is 0 Å². The van der Waals surface area contributed by atoms with Crippen molar-refractivity contribution in [3.8, 4) is 0 Å². The largest absolute Gasteiger partial charge is 0.480 e. The van der Waals surface area contributed by atoms with Gasteiger partial charge in [0.1, 0.15) is 5.54 Å². The van der Waals surface area contributed by atoms with E-state index in [9.17, 15) is 19.5 Å². The van der Waals surface area contributed by atoms with Gasteiger partial charge in [-0.3, -0.25) is 9.59 Å². The lowest BCUT2D eigenvalue weighted by Gasteiger charge is -2.41. The lowest BCUT2D eigenvalue weighted by atomic mass is 9.88. The Morgan fingerprint density at radius 3 is 2.53 bits per heavy atom. The molecule has 0 radical (unpaired) electrons. The molecule has 96 valence electrons. The van der Waals surface area contributed by atoms with Crippen molar-refractivity contribution < 1.29 is 19.5 Å². The highest BCUT2D eigenvalue weighted by Crippen LogP contribution is 2.28. The molecule has 1 rings (SSSR count). The zero-order valence-electron chi connectivity index (χ0n) is 10.2. The molecule has 0 spiro atoms. The minimum Gasteiger partial charge on any atom is -0.480 e. The van der Waals surface area contributed by atoms with Crippen molar-refractivity contribution in [2.75, 3.05) is 13.1 Å². The average Bonchev–Trinajstić information content (AvgIpc) is 2.26. The maximum Gasteiger partial charge on any atom is 0.329 e. The lowest BCUT2D eigenvalue weighted by molar-refractivity contribution is -0.160. The SMILES string of the molecule is CC(=O)NCC(=O)N1CCCCC1(C)C(=O)O. The van der Waals surface area contributed by atoms with Gasteiger partial charge < -0.3 is 15.3 Å².